The van der Waals surface area contributed by atoms with Crippen molar-refractivity contribution >= 4 is 0 Å². The zero-order chi connectivity index (χ0) is 8.89. The van der Waals surface area contributed by atoms with Gasteiger partial charge in [-0.05, 0) is 42.1 Å². The van der Waals surface area contributed by atoms with Gasteiger partial charge in [-0.25, -0.2) is 0 Å². The molecular weight excluding hydrogens is 156 g/mol. The fraction of sp³-hybridized carbons (Fsp3) is 0.538. The van der Waals surface area contributed by atoms with E-state index in [9.17, 15) is 0 Å². The third kappa shape index (κ3) is 1.12. The quantitative estimate of drug-likeness (QED) is 0.607. The van der Waals surface area contributed by atoms with E-state index in [0.717, 1.165) is 17.3 Å². The Labute approximate surface area is 80.0 Å². The smallest absolute Gasteiger partial charge is 0.0154 e. The molecule has 0 heterocycles. The van der Waals surface area contributed by atoms with Crippen molar-refractivity contribution in [3.05, 3.63) is 35.9 Å². The van der Waals surface area contributed by atoms with Crippen LogP contribution in [0.3, 0.4) is 0 Å². The third-order valence-electron chi connectivity index (χ3n) is 4.09. The van der Waals surface area contributed by atoms with E-state index in [-0.39, 0.29) is 0 Å². The van der Waals surface area contributed by atoms with E-state index >= 15 is 0 Å². The van der Waals surface area contributed by atoms with Crippen LogP contribution in [0.1, 0.15) is 37.7 Å². The predicted molar refractivity (Wildman–Crippen MR) is 54.6 cm³/mol. The molecule has 0 radical (unpaired) electrons. The first-order valence-corrected chi connectivity index (χ1v) is 5.33. The standard InChI is InChI=1S/C13H16/c1-13-8-11(7-12(13)9-13)10-5-3-2-4-6-10/h2-6,11-12H,7-9H2,1H3. The van der Waals surface area contributed by atoms with Gasteiger partial charge in [0.1, 0.15) is 0 Å². The first-order chi connectivity index (χ1) is 6.28. The van der Waals surface area contributed by atoms with E-state index in [0.29, 0.717) is 0 Å². The third-order valence-corrected chi connectivity index (χ3v) is 4.09. The Bertz CT molecular complexity index is 314. The van der Waals surface area contributed by atoms with Gasteiger partial charge < -0.3 is 0 Å². The van der Waals surface area contributed by atoms with Crippen LogP contribution in [-0.2, 0) is 0 Å². The van der Waals surface area contributed by atoms with Gasteiger partial charge in [0.15, 0.2) is 0 Å². The van der Waals surface area contributed by atoms with Crippen LogP contribution in [0.5, 0.6) is 0 Å². The molecule has 2 aliphatic rings. The van der Waals surface area contributed by atoms with Crippen molar-refractivity contribution < 1.29 is 0 Å². The maximum Gasteiger partial charge on any atom is -0.0154 e. The van der Waals surface area contributed by atoms with Crippen LogP contribution in [0, 0.1) is 11.3 Å². The number of rotatable bonds is 1. The summed E-state index contributed by atoms with van der Waals surface area (Å²) in [6.45, 7) is 2.46. The van der Waals surface area contributed by atoms with Crippen molar-refractivity contribution in [2.45, 2.75) is 32.1 Å². The molecule has 0 aromatic heterocycles. The van der Waals surface area contributed by atoms with Gasteiger partial charge in [0.25, 0.3) is 0 Å². The van der Waals surface area contributed by atoms with Crippen LogP contribution in [-0.4, -0.2) is 0 Å². The lowest BCUT2D eigenvalue weighted by molar-refractivity contribution is 0.516. The molecule has 0 saturated heterocycles. The van der Waals surface area contributed by atoms with Crippen LogP contribution < -0.4 is 0 Å². The Hall–Kier alpha value is -0.780. The highest BCUT2D eigenvalue weighted by molar-refractivity contribution is 5.24. The topological polar surface area (TPSA) is 0 Å². The van der Waals surface area contributed by atoms with Crippen molar-refractivity contribution in [1.82, 2.24) is 0 Å². The van der Waals surface area contributed by atoms with Crippen molar-refractivity contribution in [2.75, 3.05) is 0 Å². The number of benzene rings is 1. The van der Waals surface area contributed by atoms with Gasteiger partial charge in [-0.15, -0.1) is 0 Å². The predicted octanol–water partition coefficient (Wildman–Crippen LogP) is 3.59. The maximum absolute atomic E-state index is 2.46. The normalized spacial score (nSPS) is 41.6. The molecule has 0 nitrogen and oxygen atoms in total. The molecule has 68 valence electrons. The Morgan fingerprint density at radius 3 is 2.54 bits per heavy atom. The summed E-state index contributed by atoms with van der Waals surface area (Å²) in [7, 11) is 0. The summed E-state index contributed by atoms with van der Waals surface area (Å²) >= 11 is 0. The molecule has 0 aliphatic heterocycles. The number of fused-ring (bicyclic) bond motifs is 1. The first-order valence-electron chi connectivity index (χ1n) is 5.33. The molecule has 2 aliphatic carbocycles. The second kappa shape index (κ2) is 2.37. The van der Waals surface area contributed by atoms with Crippen molar-refractivity contribution in [2.24, 2.45) is 11.3 Å². The van der Waals surface area contributed by atoms with E-state index < -0.39 is 0 Å². The molecule has 0 N–H and O–H groups in total. The van der Waals surface area contributed by atoms with E-state index in [4.69, 9.17) is 0 Å². The van der Waals surface area contributed by atoms with Crippen LogP contribution in [0.4, 0.5) is 0 Å². The van der Waals surface area contributed by atoms with Crippen LogP contribution >= 0.6 is 0 Å². The molecule has 0 amide bonds. The van der Waals surface area contributed by atoms with E-state index in [1.165, 1.54) is 19.3 Å². The molecule has 2 saturated carbocycles. The van der Waals surface area contributed by atoms with Gasteiger partial charge in [-0.2, -0.15) is 0 Å². The molecule has 0 heteroatoms. The van der Waals surface area contributed by atoms with Crippen molar-refractivity contribution in [1.29, 1.82) is 0 Å². The summed E-state index contributed by atoms with van der Waals surface area (Å²) in [4.78, 5) is 0. The summed E-state index contributed by atoms with van der Waals surface area (Å²) in [6, 6.07) is 11.0. The summed E-state index contributed by atoms with van der Waals surface area (Å²) in [5, 5.41) is 0. The van der Waals surface area contributed by atoms with E-state index in [1.807, 2.05) is 0 Å². The van der Waals surface area contributed by atoms with Crippen molar-refractivity contribution in [3.8, 4) is 0 Å². The molecule has 3 unspecified atom stereocenters. The lowest BCUT2D eigenvalue weighted by Gasteiger charge is -2.13. The maximum atomic E-state index is 2.46. The lowest BCUT2D eigenvalue weighted by Crippen LogP contribution is -1.98. The molecule has 13 heavy (non-hydrogen) atoms. The Morgan fingerprint density at radius 2 is 1.92 bits per heavy atom. The fourth-order valence-corrected chi connectivity index (χ4v) is 3.09. The second-order valence-corrected chi connectivity index (χ2v) is 5.10. The average molecular weight is 172 g/mol. The van der Waals surface area contributed by atoms with E-state index in [1.54, 1.807) is 5.56 Å². The minimum absolute atomic E-state index is 0.737. The largest absolute Gasteiger partial charge is 0.0622 e. The number of hydrogen-bond acceptors (Lipinski definition) is 0. The molecule has 1 aromatic rings. The highest BCUT2D eigenvalue weighted by Gasteiger charge is 2.56. The monoisotopic (exact) mass is 172 g/mol. The van der Waals surface area contributed by atoms with Crippen LogP contribution in [0.2, 0.25) is 0 Å². The molecular formula is C13H16. The molecule has 0 spiro atoms. The van der Waals surface area contributed by atoms with Crippen molar-refractivity contribution in [3.63, 3.8) is 0 Å². The van der Waals surface area contributed by atoms with Crippen LogP contribution in [0.15, 0.2) is 30.3 Å². The zero-order valence-electron chi connectivity index (χ0n) is 8.16. The van der Waals surface area contributed by atoms with Gasteiger partial charge in [0.2, 0.25) is 0 Å². The second-order valence-electron chi connectivity index (χ2n) is 5.10. The van der Waals surface area contributed by atoms with Gasteiger partial charge >= 0.3 is 0 Å². The van der Waals surface area contributed by atoms with Crippen LogP contribution in [0.25, 0.3) is 0 Å². The average Bonchev–Trinajstić information content (AvgIpc) is 2.67. The van der Waals surface area contributed by atoms with E-state index in [2.05, 4.69) is 37.3 Å². The first kappa shape index (κ1) is 7.61. The summed E-state index contributed by atoms with van der Waals surface area (Å²) in [6.07, 6.45) is 4.37. The Morgan fingerprint density at radius 1 is 1.15 bits per heavy atom. The fourth-order valence-electron chi connectivity index (χ4n) is 3.09. The number of hydrogen-bond donors (Lipinski definition) is 0. The van der Waals surface area contributed by atoms with Gasteiger partial charge in [0.05, 0.1) is 0 Å². The zero-order valence-corrected chi connectivity index (χ0v) is 8.16. The lowest BCUT2D eigenvalue weighted by atomic mass is 9.92. The summed E-state index contributed by atoms with van der Waals surface area (Å²) in [5.41, 5.74) is 2.30. The minimum atomic E-state index is 0.737. The SMILES string of the molecule is CC12CC(c3ccccc3)CC1C2. The molecule has 2 fully saturated rings. The molecule has 3 rings (SSSR count). The highest BCUT2D eigenvalue weighted by atomic mass is 14.6. The molecule has 0 bridgehead atoms. The Balaban J connectivity index is 1.82. The minimum Gasteiger partial charge on any atom is -0.0622 e. The van der Waals surface area contributed by atoms with Gasteiger partial charge in [0, 0.05) is 0 Å². The highest BCUT2D eigenvalue weighted by Crippen LogP contribution is 2.67. The molecule has 3 atom stereocenters. The summed E-state index contributed by atoms with van der Waals surface area (Å²) in [5.74, 6) is 1.92. The molecule has 1 aromatic carbocycles. The Kier molecular flexibility index (Phi) is 1.39. The summed E-state index contributed by atoms with van der Waals surface area (Å²) < 4.78 is 0. The van der Waals surface area contributed by atoms with Gasteiger partial charge in [-0.1, -0.05) is 37.3 Å². The van der Waals surface area contributed by atoms with Gasteiger partial charge in [-0.3, -0.25) is 0 Å².